The molecule has 4 aromatic rings. The molecule has 212 valence electrons. The Morgan fingerprint density at radius 2 is 1.76 bits per heavy atom. The van der Waals surface area contributed by atoms with Crippen LogP contribution in [-0.2, 0) is 4.74 Å². The zero-order valence-corrected chi connectivity index (χ0v) is 23.5. The summed E-state index contributed by atoms with van der Waals surface area (Å²) in [7, 11) is 0. The summed E-state index contributed by atoms with van der Waals surface area (Å²) in [6, 6.07) is 20.1. The van der Waals surface area contributed by atoms with Crippen LogP contribution >= 0.6 is 0 Å². The Labute approximate surface area is 241 Å². The van der Waals surface area contributed by atoms with Gasteiger partial charge in [-0.25, -0.2) is 9.97 Å². The third-order valence-corrected chi connectivity index (χ3v) is 8.20. The number of aromatic nitrogens is 4. The molecule has 0 radical (unpaired) electrons. The third-order valence-electron chi connectivity index (χ3n) is 8.20. The van der Waals surface area contributed by atoms with Crippen LogP contribution in [0, 0.1) is 5.92 Å². The number of likely N-dealkylation sites (tertiary alicyclic amines) is 1. The lowest BCUT2D eigenvalue weighted by Gasteiger charge is -2.36. The molecule has 2 aromatic heterocycles. The Morgan fingerprint density at radius 3 is 2.49 bits per heavy atom. The average Bonchev–Trinajstić information content (AvgIpc) is 3.53. The number of morpholine rings is 1. The number of hydrogen-bond donors (Lipinski definition) is 1. The highest BCUT2D eigenvalue weighted by molar-refractivity contribution is 5.94. The lowest BCUT2D eigenvalue weighted by molar-refractivity contribution is 0.0655. The number of nitrogens with zero attached hydrogens (tertiary/aromatic N) is 6. The summed E-state index contributed by atoms with van der Waals surface area (Å²) in [5.41, 5.74) is 4.70. The largest absolute Gasteiger partial charge is 0.378 e. The van der Waals surface area contributed by atoms with Crippen molar-refractivity contribution >= 4 is 23.2 Å². The number of nitrogens with one attached hydrogen (secondary N) is 1. The molecule has 1 atom stereocenters. The van der Waals surface area contributed by atoms with E-state index in [1.165, 1.54) is 5.69 Å². The van der Waals surface area contributed by atoms with Crippen molar-refractivity contribution in [3.63, 3.8) is 0 Å². The maximum absolute atomic E-state index is 12.9. The van der Waals surface area contributed by atoms with Gasteiger partial charge >= 0.3 is 0 Å². The maximum Gasteiger partial charge on any atom is 0.253 e. The lowest BCUT2D eigenvalue weighted by atomic mass is 9.88. The fraction of sp³-hybridized carbons (Fsp3) is 0.375. The van der Waals surface area contributed by atoms with Gasteiger partial charge in [0.1, 0.15) is 0 Å². The highest BCUT2D eigenvalue weighted by Crippen LogP contribution is 2.32. The number of ether oxygens (including phenoxy) is 1. The number of hydrogen-bond acceptors (Lipinski definition) is 7. The lowest BCUT2D eigenvalue weighted by Crippen LogP contribution is -2.40. The summed E-state index contributed by atoms with van der Waals surface area (Å²) in [6.45, 7) is 7.13. The molecule has 1 N–H and O–H groups in total. The van der Waals surface area contributed by atoms with E-state index >= 15 is 0 Å². The summed E-state index contributed by atoms with van der Waals surface area (Å²) >= 11 is 0. The van der Waals surface area contributed by atoms with Gasteiger partial charge < -0.3 is 19.9 Å². The molecule has 2 saturated heterocycles. The van der Waals surface area contributed by atoms with Gasteiger partial charge in [-0.2, -0.15) is 5.10 Å². The van der Waals surface area contributed by atoms with Crippen molar-refractivity contribution in [3.8, 4) is 11.3 Å². The number of rotatable bonds is 8. The van der Waals surface area contributed by atoms with E-state index in [-0.39, 0.29) is 11.9 Å². The molecule has 9 heteroatoms. The van der Waals surface area contributed by atoms with Gasteiger partial charge in [-0.05, 0) is 67.6 Å². The molecule has 1 unspecified atom stereocenters. The van der Waals surface area contributed by atoms with E-state index < -0.39 is 0 Å². The topological polar surface area (TPSA) is 88.4 Å². The first-order valence-electron chi connectivity index (χ1n) is 14.6. The number of carbonyl (C=O) groups excluding carboxylic acids is 1. The van der Waals surface area contributed by atoms with Crippen molar-refractivity contribution in [2.24, 2.45) is 5.92 Å². The Morgan fingerprint density at radius 1 is 1.00 bits per heavy atom. The van der Waals surface area contributed by atoms with Crippen LogP contribution in [-0.4, -0.2) is 69.9 Å². The number of benzene rings is 2. The second-order valence-corrected chi connectivity index (χ2v) is 10.7. The minimum atomic E-state index is 0.125. The van der Waals surface area contributed by atoms with Crippen LogP contribution in [0.2, 0.25) is 0 Å². The van der Waals surface area contributed by atoms with E-state index in [0.29, 0.717) is 11.9 Å². The highest BCUT2D eigenvalue weighted by Gasteiger charge is 2.29. The van der Waals surface area contributed by atoms with Gasteiger partial charge in [-0.1, -0.05) is 25.1 Å². The molecular formula is C32H37N7O2. The molecule has 2 aliphatic heterocycles. The minimum Gasteiger partial charge on any atom is -0.378 e. The molecule has 41 heavy (non-hydrogen) atoms. The summed E-state index contributed by atoms with van der Waals surface area (Å²) in [5, 5.41) is 8.09. The predicted molar refractivity (Wildman–Crippen MR) is 160 cm³/mol. The SMILES string of the molecule is CCC(C1CCN(C(=O)c2ccccc2)CC1)n1cc(-c2ccnc(Nc3ccc(N4CCOCC4)cc3)n2)cn1. The van der Waals surface area contributed by atoms with Crippen molar-refractivity contribution in [2.75, 3.05) is 49.6 Å². The van der Waals surface area contributed by atoms with Gasteiger partial charge in [0.2, 0.25) is 5.95 Å². The average molecular weight is 552 g/mol. The van der Waals surface area contributed by atoms with Crippen LogP contribution in [0.5, 0.6) is 0 Å². The smallest absolute Gasteiger partial charge is 0.253 e. The number of anilines is 3. The Balaban J connectivity index is 1.08. The standard InChI is InChI=1S/C32H37N7O2/c1-2-30(24-13-16-38(17-14-24)31(40)25-6-4-3-5-7-25)39-23-26(22-34-39)29-12-15-33-32(36-29)35-27-8-10-28(11-9-27)37-18-20-41-21-19-37/h3-12,15,22-24,30H,2,13-14,16-21H2,1H3,(H,33,35,36). The van der Waals surface area contributed by atoms with Crippen LogP contribution < -0.4 is 10.2 Å². The monoisotopic (exact) mass is 551 g/mol. The van der Waals surface area contributed by atoms with Crippen LogP contribution in [0.1, 0.15) is 42.6 Å². The Bertz CT molecular complexity index is 1430. The first kappa shape index (κ1) is 27.0. The molecule has 2 fully saturated rings. The third kappa shape index (κ3) is 6.25. The summed E-state index contributed by atoms with van der Waals surface area (Å²) < 4.78 is 7.55. The minimum absolute atomic E-state index is 0.125. The van der Waals surface area contributed by atoms with Crippen LogP contribution in [0.25, 0.3) is 11.3 Å². The van der Waals surface area contributed by atoms with Gasteiger partial charge in [0.15, 0.2) is 0 Å². The molecule has 2 aromatic carbocycles. The molecule has 0 bridgehead atoms. The molecule has 1 amide bonds. The number of carbonyl (C=O) groups is 1. The molecule has 9 nitrogen and oxygen atoms in total. The van der Waals surface area contributed by atoms with Gasteiger partial charge in [-0.3, -0.25) is 9.48 Å². The van der Waals surface area contributed by atoms with E-state index in [9.17, 15) is 4.79 Å². The van der Waals surface area contributed by atoms with Gasteiger partial charge in [-0.15, -0.1) is 0 Å². The molecule has 6 rings (SSSR count). The maximum atomic E-state index is 12.9. The zero-order valence-electron chi connectivity index (χ0n) is 23.5. The molecule has 4 heterocycles. The van der Waals surface area contributed by atoms with Crippen molar-refractivity contribution in [2.45, 2.75) is 32.2 Å². The molecule has 0 spiro atoms. The Hall–Kier alpha value is -4.24. The van der Waals surface area contributed by atoms with E-state index in [1.54, 1.807) is 6.20 Å². The molecule has 0 aliphatic carbocycles. The van der Waals surface area contributed by atoms with Crippen molar-refractivity contribution in [1.29, 1.82) is 0 Å². The van der Waals surface area contributed by atoms with Gasteiger partial charge in [0.05, 0.1) is 31.1 Å². The fourth-order valence-electron chi connectivity index (χ4n) is 5.92. The molecule has 0 saturated carbocycles. The molecule has 2 aliphatic rings. The Kier molecular flexibility index (Phi) is 8.23. The van der Waals surface area contributed by atoms with Crippen LogP contribution in [0.4, 0.5) is 17.3 Å². The molecular weight excluding hydrogens is 514 g/mol. The first-order valence-corrected chi connectivity index (χ1v) is 14.6. The normalized spacial score (nSPS) is 16.9. The zero-order chi connectivity index (χ0) is 28.0. The second kappa shape index (κ2) is 12.5. The highest BCUT2D eigenvalue weighted by atomic mass is 16.5. The van der Waals surface area contributed by atoms with E-state index in [1.807, 2.05) is 47.5 Å². The number of amides is 1. The quantitative estimate of drug-likeness (QED) is 0.313. The van der Waals surface area contributed by atoms with Crippen LogP contribution in [0.15, 0.2) is 79.3 Å². The van der Waals surface area contributed by atoms with Crippen molar-refractivity contribution in [1.82, 2.24) is 24.6 Å². The van der Waals surface area contributed by atoms with Gasteiger partial charge in [0.25, 0.3) is 5.91 Å². The fourth-order valence-corrected chi connectivity index (χ4v) is 5.92. The second-order valence-electron chi connectivity index (χ2n) is 10.7. The first-order chi connectivity index (χ1) is 20.2. The van der Waals surface area contributed by atoms with E-state index in [0.717, 1.165) is 81.2 Å². The van der Waals surface area contributed by atoms with E-state index in [4.69, 9.17) is 14.8 Å². The summed E-state index contributed by atoms with van der Waals surface area (Å²) in [4.78, 5) is 26.4. The van der Waals surface area contributed by atoms with Gasteiger partial charge in [0, 0.05) is 61.1 Å². The number of piperidine rings is 1. The van der Waals surface area contributed by atoms with Crippen molar-refractivity contribution < 1.29 is 9.53 Å². The van der Waals surface area contributed by atoms with E-state index in [2.05, 4.69) is 57.3 Å². The van der Waals surface area contributed by atoms with Crippen LogP contribution in [0.3, 0.4) is 0 Å². The predicted octanol–water partition coefficient (Wildman–Crippen LogP) is 5.42. The van der Waals surface area contributed by atoms with Crippen molar-refractivity contribution in [3.05, 3.63) is 84.8 Å². The summed E-state index contributed by atoms with van der Waals surface area (Å²) in [5.74, 6) is 1.15. The summed E-state index contributed by atoms with van der Waals surface area (Å²) in [6.07, 6.45) is 8.69.